The summed E-state index contributed by atoms with van der Waals surface area (Å²) >= 11 is 1.23. The molecule has 5 heteroatoms. The van der Waals surface area contributed by atoms with Gasteiger partial charge in [0.1, 0.15) is 4.88 Å². The number of aliphatic hydroxyl groups excluding tert-OH is 1. The molecule has 0 aliphatic heterocycles. The highest BCUT2D eigenvalue weighted by Crippen LogP contribution is 2.17. The zero-order valence-corrected chi connectivity index (χ0v) is 10.3. The van der Waals surface area contributed by atoms with Crippen LogP contribution in [0.4, 0.5) is 0 Å². The van der Waals surface area contributed by atoms with Crippen molar-refractivity contribution in [3.05, 3.63) is 21.9 Å². The van der Waals surface area contributed by atoms with Gasteiger partial charge < -0.3 is 15.5 Å². The van der Waals surface area contributed by atoms with Crippen molar-refractivity contribution in [3.8, 4) is 0 Å². The van der Waals surface area contributed by atoms with Crippen LogP contribution in [0.1, 0.15) is 29.1 Å². The molecule has 90 valence electrons. The van der Waals surface area contributed by atoms with Gasteiger partial charge in [-0.3, -0.25) is 0 Å². The van der Waals surface area contributed by atoms with E-state index in [9.17, 15) is 4.79 Å². The van der Waals surface area contributed by atoms with Crippen LogP contribution in [0.25, 0.3) is 0 Å². The molecule has 0 amide bonds. The van der Waals surface area contributed by atoms with Gasteiger partial charge in [-0.2, -0.15) is 0 Å². The Bertz CT molecular complexity index is 360. The van der Waals surface area contributed by atoms with Gasteiger partial charge >= 0.3 is 5.97 Å². The Kier molecular flexibility index (Phi) is 4.46. The molecule has 0 atom stereocenters. The van der Waals surface area contributed by atoms with E-state index in [0.717, 1.165) is 5.56 Å². The predicted molar refractivity (Wildman–Crippen MR) is 63.9 cm³/mol. The lowest BCUT2D eigenvalue weighted by molar-refractivity contribution is 0.0701. The Morgan fingerprint density at radius 3 is 2.81 bits per heavy atom. The van der Waals surface area contributed by atoms with Crippen molar-refractivity contribution in [2.75, 3.05) is 13.2 Å². The Labute approximate surface area is 98.9 Å². The Hall–Kier alpha value is -0.910. The molecule has 0 aromatic carbocycles. The third kappa shape index (κ3) is 3.59. The molecule has 1 aromatic heterocycles. The van der Waals surface area contributed by atoms with Crippen molar-refractivity contribution in [2.24, 2.45) is 5.41 Å². The summed E-state index contributed by atoms with van der Waals surface area (Å²) in [6.07, 6.45) is 0. The summed E-state index contributed by atoms with van der Waals surface area (Å²) in [7, 11) is 0. The molecule has 0 spiro atoms. The first-order valence-corrected chi connectivity index (χ1v) is 5.95. The van der Waals surface area contributed by atoms with Crippen molar-refractivity contribution >= 4 is 17.3 Å². The van der Waals surface area contributed by atoms with Gasteiger partial charge in [-0.15, -0.1) is 11.3 Å². The molecule has 1 rings (SSSR count). The van der Waals surface area contributed by atoms with Crippen LogP contribution in [0.5, 0.6) is 0 Å². The first-order valence-electron chi connectivity index (χ1n) is 5.07. The molecular formula is C11H17NO3S. The van der Waals surface area contributed by atoms with Crippen LogP contribution in [-0.2, 0) is 6.54 Å². The molecule has 0 aliphatic carbocycles. The highest BCUT2D eigenvalue weighted by Gasteiger charge is 2.16. The summed E-state index contributed by atoms with van der Waals surface area (Å²) in [5.41, 5.74) is 0.616. The fourth-order valence-corrected chi connectivity index (χ4v) is 2.01. The molecule has 4 nitrogen and oxygen atoms in total. The Balaban J connectivity index is 2.49. The number of rotatable bonds is 6. The molecule has 0 fully saturated rings. The van der Waals surface area contributed by atoms with Crippen LogP contribution in [0.2, 0.25) is 0 Å². The third-order valence-corrected chi connectivity index (χ3v) is 3.23. The quantitative estimate of drug-likeness (QED) is 0.709. The summed E-state index contributed by atoms with van der Waals surface area (Å²) < 4.78 is 0. The fraction of sp³-hybridized carbons (Fsp3) is 0.545. The van der Waals surface area contributed by atoms with Crippen LogP contribution >= 0.6 is 11.3 Å². The van der Waals surface area contributed by atoms with Crippen LogP contribution in [0, 0.1) is 5.41 Å². The lowest BCUT2D eigenvalue weighted by atomic mass is 9.95. The summed E-state index contributed by atoms with van der Waals surface area (Å²) in [6, 6.07) is 1.81. The predicted octanol–water partition coefficient (Wildman–Crippen LogP) is 1.55. The van der Waals surface area contributed by atoms with Gasteiger partial charge in [0, 0.05) is 25.1 Å². The summed E-state index contributed by atoms with van der Waals surface area (Å²) in [6.45, 7) is 5.18. The third-order valence-electron chi connectivity index (χ3n) is 2.29. The van der Waals surface area contributed by atoms with Gasteiger partial charge in [0.25, 0.3) is 0 Å². The number of carboxylic acid groups (broad SMARTS) is 1. The molecule has 0 radical (unpaired) electrons. The van der Waals surface area contributed by atoms with E-state index < -0.39 is 5.97 Å². The second kappa shape index (κ2) is 5.43. The van der Waals surface area contributed by atoms with Crippen molar-refractivity contribution in [2.45, 2.75) is 20.4 Å². The second-order valence-corrected chi connectivity index (χ2v) is 5.42. The lowest BCUT2D eigenvalue weighted by Crippen LogP contribution is -2.32. The van der Waals surface area contributed by atoms with Gasteiger partial charge in [0.15, 0.2) is 0 Å². The molecule has 0 unspecified atom stereocenters. The van der Waals surface area contributed by atoms with E-state index in [1.54, 1.807) is 5.38 Å². The van der Waals surface area contributed by atoms with Gasteiger partial charge in [-0.1, -0.05) is 13.8 Å². The monoisotopic (exact) mass is 243 g/mol. The molecule has 3 N–H and O–H groups in total. The average Bonchev–Trinajstić information content (AvgIpc) is 2.66. The number of nitrogens with one attached hydrogen (secondary N) is 1. The smallest absolute Gasteiger partial charge is 0.346 e. The van der Waals surface area contributed by atoms with E-state index in [1.165, 1.54) is 11.3 Å². The zero-order valence-electron chi connectivity index (χ0n) is 9.49. The van der Waals surface area contributed by atoms with Crippen LogP contribution in [0.3, 0.4) is 0 Å². The SMILES string of the molecule is CC(C)(CO)CNCc1ccsc1C(=O)O. The highest BCUT2D eigenvalue weighted by atomic mass is 32.1. The van der Waals surface area contributed by atoms with Crippen molar-refractivity contribution in [3.63, 3.8) is 0 Å². The zero-order chi connectivity index (χ0) is 12.2. The number of hydrogen-bond donors (Lipinski definition) is 3. The largest absolute Gasteiger partial charge is 0.477 e. The topological polar surface area (TPSA) is 69.6 Å². The lowest BCUT2D eigenvalue weighted by Gasteiger charge is -2.21. The molecular weight excluding hydrogens is 226 g/mol. The minimum absolute atomic E-state index is 0.107. The maximum Gasteiger partial charge on any atom is 0.346 e. The number of carboxylic acids is 1. The Morgan fingerprint density at radius 2 is 2.25 bits per heavy atom. The number of aliphatic hydroxyl groups is 1. The second-order valence-electron chi connectivity index (χ2n) is 4.51. The van der Waals surface area contributed by atoms with E-state index in [4.69, 9.17) is 10.2 Å². The molecule has 1 aromatic rings. The standard InChI is InChI=1S/C11H17NO3S/c1-11(2,7-13)6-12-5-8-3-4-16-9(8)10(14)15/h3-4,12-13H,5-7H2,1-2H3,(H,14,15). The first-order chi connectivity index (χ1) is 7.46. The summed E-state index contributed by atoms with van der Waals surface area (Å²) in [4.78, 5) is 11.2. The Morgan fingerprint density at radius 1 is 1.56 bits per heavy atom. The van der Waals surface area contributed by atoms with Gasteiger partial charge in [-0.05, 0) is 17.0 Å². The number of carbonyl (C=O) groups is 1. The van der Waals surface area contributed by atoms with Gasteiger partial charge in [0.2, 0.25) is 0 Å². The molecule has 0 saturated carbocycles. The van der Waals surface area contributed by atoms with E-state index in [2.05, 4.69) is 5.32 Å². The van der Waals surface area contributed by atoms with Gasteiger partial charge in [0.05, 0.1) is 0 Å². The van der Waals surface area contributed by atoms with E-state index in [-0.39, 0.29) is 12.0 Å². The fourth-order valence-electron chi connectivity index (χ4n) is 1.25. The van der Waals surface area contributed by atoms with E-state index in [0.29, 0.717) is 18.0 Å². The molecule has 16 heavy (non-hydrogen) atoms. The van der Waals surface area contributed by atoms with Crippen LogP contribution in [-0.4, -0.2) is 29.3 Å². The number of thiophene rings is 1. The normalized spacial score (nSPS) is 11.7. The number of aromatic carboxylic acids is 1. The summed E-state index contributed by atoms with van der Waals surface area (Å²) in [5, 5.41) is 22.9. The van der Waals surface area contributed by atoms with Crippen molar-refractivity contribution < 1.29 is 15.0 Å². The molecule has 1 heterocycles. The maximum absolute atomic E-state index is 10.8. The van der Waals surface area contributed by atoms with Gasteiger partial charge in [-0.25, -0.2) is 4.79 Å². The van der Waals surface area contributed by atoms with Crippen LogP contribution < -0.4 is 5.32 Å². The van der Waals surface area contributed by atoms with E-state index in [1.807, 2.05) is 19.9 Å². The molecule has 0 bridgehead atoms. The highest BCUT2D eigenvalue weighted by molar-refractivity contribution is 7.12. The first kappa shape index (κ1) is 13.2. The maximum atomic E-state index is 10.8. The van der Waals surface area contributed by atoms with Crippen molar-refractivity contribution in [1.82, 2.24) is 5.32 Å². The summed E-state index contributed by atoms with van der Waals surface area (Å²) in [5.74, 6) is -0.881. The van der Waals surface area contributed by atoms with E-state index >= 15 is 0 Å². The average molecular weight is 243 g/mol. The minimum atomic E-state index is -0.881. The number of hydrogen-bond acceptors (Lipinski definition) is 4. The van der Waals surface area contributed by atoms with Crippen LogP contribution in [0.15, 0.2) is 11.4 Å². The molecule has 0 saturated heterocycles. The molecule has 0 aliphatic rings. The van der Waals surface area contributed by atoms with Crippen molar-refractivity contribution in [1.29, 1.82) is 0 Å². The minimum Gasteiger partial charge on any atom is -0.477 e.